The average molecular weight is 199 g/mol. The van der Waals surface area contributed by atoms with Crippen LogP contribution in [0.2, 0.25) is 0 Å². The number of rotatable bonds is 5. The summed E-state index contributed by atoms with van der Waals surface area (Å²) < 4.78 is 11.1. The molecule has 0 radical (unpaired) electrons. The highest BCUT2D eigenvalue weighted by molar-refractivity contribution is 4.86. The molecule has 14 heavy (non-hydrogen) atoms. The van der Waals surface area contributed by atoms with Gasteiger partial charge in [-0.2, -0.15) is 0 Å². The summed E-state index contributed by atoms with van der Waals surface area (Å²) in [5.41, 5.74) is 0. The van der Waals surface area contributed by atoms with Crippen LogP contribution >= 0.6 is 0 Å². The summed E-state index contributed by atoms with van der Waals surface area (Å²) in [4.78, 5) is 0. The van der Waals surface area contributed by atoms with Gasteiger partial charge in [-0.25, -0.2) is 0 Å². The molecule has 1 unspecified atom stereocenters. The third-order valence-corrected chi connectivity index (χ3v) is 3.16. The Kier molecular flexibility index (Phi) is 3.79. The van der Waals surface area contributed by atoms with Crippen molar-refractivity contribution < 1.29 is 9.47 Å². The van der Waals surface area contributed by atoms with Gasteiger partial charge in [0.25, 0.3) is 0 Å². The van der Waals surface area contributed by atoms with Crippen LogP contribution in [-0.2, 0) is 9.47 Å². The van der Waals surface area contributed by atoms with Crippen molar-refractivity contribution in [2.75, 3.05) is 19.8 Å². The maximum Gasteiger partial charge on any atom is 0.0700 e. The molecular formula is C11H21NO2. The smallest absolute Gasteiger partial charge is 0.0700 e. The van der Waals surface area contributed by atoms with Crippen LogP contribution in [0.3, 0.4) is 0 Å². The summed E-state index contributed by atoms with van der Waals surface area (Å²) >= 11 is 0. The Hall–Kier alpha value is -0.120. The van der Waals surface area contributed by atoms with E-state index >= 15 is 0 Å². The summed E-state index contributed by atoms with van der Waals surface area (Å²) in [5.74, 6) is 0. The molecule has 2 fully saturated rings. The Morgan fingerprint density at radius 1 is 1.43 bits per heavy atom. The third kappa shape index (κ3) is 2.69. The van der Waals surface area contributed by atoms with E-state index in [2.05, 4.69) is 12.2 Å². The van der Waals surface area contributed by atoms with Crippen LogP contribution < -0.4 is 5.32 Å². The van der Waals surface area contributed by atoms with Gasteiger partial charge in [-0.15, -0.1) is 0 Å². The molecule has 1 saturated carbocycles. The highest BCUT2D eigenvalue weighted by Gasteiger charge is 2.29. The molecule has 1 N–H and O–H groups in total. The zero-order valence-electron chi connectivity index (χ0n) is 9.00. The van der Waals surface area contributed by atoms with Gasteiger partial charge in [0.2, 0.25) is 0 Å². The molecule has 82 valence electrons. The molecule has 0 spiro atoms. The second-order valence-electron chi connectivity index (χ2n) is 4.29. The standard InChI is InChI=1S/C11H21NO2/c1-2-13-11-6-9(7-11)12-8-10-4-3-5-14-10/h9-12H,2-8H2,1H3. The number of ether oxygens (including phenoxy) is 2. The average Bonchev–Trinajstić information content (AvgIpc) is 2.61. The van der Waals surface area contributed by atoms with Crippen LogP contribution in [0.4, 0.5) is 0 Å². The van der Waals surface area contributed by atoms with E-state index in [0.717, 1.165) is 19.8 Å². The van der Waals surface area contributed by atoms with Crippen molar-refractivity contribution in [1.82, 2.24) is 5.32 Å². The molecule has 1 atom stereocenters. The zero-order valence-corrected chi connectivity index (χ0v) is 9.00. The second-order valence-corrected chi connectivity index (χ2v) is 4.29. The van der Waals surface area contributed by atoms with Crippen molar-refractivity contribution in [3.05, 3.63) is 0 Å². The lowest BCUT2D eigenvalue weighted by Gasteiger charge is -2.36. The summed E-state index contributed by atoms with van der Waals surface area (Å²) in [6.07, 6.45) is 5.82. The lowest BCUT2D eigenvalue weighted by Crippen LogP contribution is -2.47. The number of nitrogens with one attached hydrogen (secondary N) is 1. The summed E-state index contributed by atoms with van der Waals surface area (Å²) in [7, 11) is 0. The fourth-order valence-corrected chi connectivity index (χ4v) is 2.21. The van der Waals surface area contributed by atoms with Crippen LogP contribution in [0.1, 0.15) is 32.6 Å². The van der Waals surface area contributed by atoms with Crippen molar-refractivity contribution in [3.8, 4) is 0 Å². The zero-order chi connectivity index (χ0) is 9.80. The van der Waals surface area contributed by atoms with Crippen molar-refractivity contribution in [2.24, 2.45) is 0 Å². The lowest BCUT2D eigenvalue weighted by molar-refractivity contribution is -0.0130. The minimum atomic E-state index is 0.473. The largest absolute Gasteiger partial charge is 0.378 e. The predicted molar refractivity (Wildman–Crippen MR) is 55.4 cm³/mol. The highest BCUT2D eigenvalue weighted by Crippen LogP contribution is 2.23. The number of hydrogen-bond donors (Lipinski definition) is 1. The predicted octanol–water partition coefficient (Wildman–Crippen LogP) is 1.32. The van der Waals surface area contributed by atoms with E-state index in [9.17, 15) is 0 Å². The van der Waals surface area contributed by atoms with Gasteiger partial charge < -0.3 is 14.8 Å². The fourth-order valence-electron chi connectivity index (χ4n) is 2.21. The first-order chi connectivity index (χ1) is 6.88. The van der Waals surface area contributed by atoms with Crippen molar-refractivity contribution in [2.45, 2.75) is 50.9 Å². The Morgan fingerprint density at radius 3 is 2.93 bits per heavy atom. The van der Waals surface area contributed by atoms with Crippen LogP contribution in [0, 0.1) is 0 Å². The molecule has 3 nitrogen and oxygen atoms in total. The molecule has 2 aliphatic rings. The molecule has 0 aromatic rings. The molecule has 3 heteroatoms. The molecule has 1 heterocycles. The van der Waals surface area contributed by atoms with E-state index in [1.807, 2.05) is 0 Å². The Balaban J connectivity index is 1.51. The highest BCUT2D eigenvalue weighted by atomic mass is 16.5. The van der Waals surface area contributed by atoms with Gasteiger partial charge in [0.1, 0.15) is 0 Å². The van der Waals surface area contributed by atoms with E-state index in [0.29, 0.717) is 18.2 Å². The monoisotopic (exact) mass is 199 g/mol. The van der Waals surface area contributed by atoms with Crippen molar-refractivity contribution >= 4 is 0 Å². The first-order valence-corrected chi connectivity index (χ1v) is 5.85. The SMILES string of the molecule is CCOC1CC(NCC2CCCO2)C1. The van der Waals surface area contributed by atoms with Gasteiger partial charge in [0, 0.05) is 25.8 Å². The Bertz CT molecular complexity index is 163. The van der Waals surface area contributed by atoms with Gasteiger partial charge in [-0.3, -0.25) is 0 Å². The molecule has 0 aromatic carbocycles. The Morgan fingerprint density at radius 2 is 2.29 bits per heavy atom. The molecule has 1 aliphatic heterocycles. The van der Waals surface area contributed by atoms with Crippen molar-refractivity contribution in [3.63, 3.8) is 0 Å². The van der Waals surface area contributed by atoms with Gasteiger partial charge in [-0.05, 0) is 32.6 Å². The van der Waals surface area contributed by atoms with Crippen LogP contribution in [0.25, 0.3) is 0 Å². The van der Waals surface area contributed by atoms with Crippen molar-refractivity contribution in [1.29, 1.82) is 0 Å². The fraction of sp³-hybridized carbons (Fsp3) is 1.00. The molecule has 0 aromatic heterocycles. The first kappa shape index (κ1) is 10.4. The quantitative estimate of drug-likeness (QED) is 0.724. The maximum absolute atomic E-state index is 5.55. The molecule has 0 amide bonds. The summed E-state index contributed by atoms with van der Waals surface area (Å²) in [6, 6.07) is 0.677. The normalized spacial score (nSPS) is 37.1. The molecule has 1 saturated heterocycles. The third-order valence-electron chi connectivity index (χ3n) is 3.16. The van der Waals surface area contributed by atoms with Gasteiger partial charge in [0.05, 0.1) is 12.2 Å². The van der Waals surface area contributed by atoms with E-state index < -0.39 is 0 Å². The summed E-state index contributed by atoms with van der Waals surface area (Å²) in [6.45, 7) is 4.90. The van der Waals surface area contributed by atoms with E-state index in [4.69, 9.17) is 9.47 Å². The second kappa shape index (κ2) is 5.10. The lowest BCUT2D eigenvalue weighted by atomic mass is 9.89. The van der Waals surface area contributed by atoms with E-state index in [1.165, 1.54) is 25.7 Å². The van der Waals surface area contributed by atoms with Crippen LogP contribution in [-0.4, -0.2) is 38.0 Å². The molecule has 1 aliphatic carbocycles. The van der Waals surface area contributed by atoms with Gasteiger partial charge >= 0.3 is 0 Å². The minimum Gasteiger partial charge on any atom is -0.378 e. The van der Waals surface area contributed by atoms with Crippen LogP contribution in [0.15, 0.2) is 0 Å². The maximum atomic E-state index is 5.55. The van der Waals surface area contributed by atoms with Crippen LogP contribution in [0.5, 0.6) is 0 Å². The molecular weight excluding hydrogens is 178 g/mol. The van der Waals surface area contributed by atoms with Gasteiger partial charge in [-0.1, -0.05) is 0 Å². The van der Waals surface area contributed by atoms with E-state index in [1.54, 1.807) is 0 Å². The molecule has 2 rings (SSSR count). The Labute approximate surface area is 86.2 Å². The molecule has 0 bridgehead atoms. The van der Waals surface area contributed by atoms with Gasteiger partial charge in [0.15, 0.2) is 0 Å². The van der Waals surface area contributed by atoms with E-state index in [-0.39, 0.29) is 0 Å². The first-order valence-electron chi connectivity index (χ1n) is 5.85. The summed E-state index contributed by atoms with van der Waals surface area (Å²) in [5, 5.41) is 3.54. The minimum absolute atomic E-state index is 0.473. The number of hydrogen-bond acceptors (Lipinski definition) is 3. The topological polar surface area (TPSA) is 30.5 Å².